The summed E-state index contributed by atoms with van der Waals surface area (Å²) in [6, 6.07) is 7.11. The molecule has 0 aliphatic heterocycles. The normalized spacial score (nSPS) is 10.5. The van der Waals surface area contributed by atoms with Crippen LogP contribution in [0, 0.1) is 0 Å². The van der Waals surface area contributed by atoms with Crippen LogP contribution in [0.3, 0.4) is 0 Å². The van der Waals surface area contributed by atoms with Gasteiger partial charge in [-0.1, -0.05) is 26.0 Å². The van der Waals surface area contributed by atoms with Crippen LogP contribution in [0.5, 0.6) is 0 Å². The van der Waals surface area contributed by atoms with E-state index in [-0.39, 0.29) is 11.9 Å². The monoisotopic (exact) mass is 320 g/mol. The van der Waals surface area contributed by atoms with E-state index in [0.29, 0.717) is 18.7 Å². The van der Waals surface area contributed by atoms with Crippen LogP contribution in [-0.2, 0) is 11.2 Å². The number of hydrogen-bond acceptors (Lipinski definition) is 3. The highest BCUT2D eigenvalue weighted by Gasteiger charge is 2.06. The molecule has 23 heavy (non-hydrogen) atoms. The van der Waals surface area contributed by atoms with Crippen LogP contribution >= 0.6 is 0 Å². The molecule has 0 atom stereocenters. The first kappa shape index (κ1) is 19.0. The average Bonchev–Trinajstić information content (AvgIpc) is 2.53. The Balaban J connectivity index is 2.39. The van der Waals surface area contributed by atoms with Crippen molar-refractivity contribution in [2.24, 2.45) is 0 Å². The van der Waals surface area contributed by atoms with E-state index in [9.17, 15) is 9.59 Å². The van der Waals surface area contributed by atoms with Crippen molar-refractivity contribution >= 4 is 17.6 Å². The fraction of sp³-hybridized carbons (Fsp3) is 0.529. The van der Waals surface area contributed by atoms with E-state index < -0.39 is 0 Å². The number of carbonyl (C=O) groups excluding carboxylic acids is 2. The Hall–Kier alpha value is -2.08. The van der Waals surface area contributed by atoms with E-state index >= 15 is 0 Å². The summed E-state index contributed by atoms with van der Waals surface area (Å²) in [5, 5.41) is 5.63. The lowest BCUT2D eigenvalue weighted by Gasteiger charge is -2.18. The fourth-order valence-corrected chi connectivity index (χ4v) is 2.08. The molecule has 0 fully saturated rings. The Morgan fingerprint density at radius 2 is 1.65 bits per heavy atom. The lowest BCUT2D eigenvalue weighted by molar-refractivity contribution is -0.127. The summed E-state index contributed by atoms with van der Waals surface area (Å²) in [5.74, 6) is 0.0554. The van der Waals surface area contributed by atoms with E-state index in [2.05, 4.69) is 29.4 Å². The Morgan fingerprint density at radius 1 is 1.04 bits per heavy atom. The van der Waals surface area contributed by atoms with Gasteiger partial charge >= 0.3 is 6.03 Å². The molecule has 0 aliphatic carbocycles. The maximum Gasteiger partial charge on any atom is 0.319 e. The van der Waals surface area contributed by atoms with Crippen molar-refractivity contribution in [3.63, 3.8) is 0 Å². The topological polar surface area (TPSA) is 64.7 Å². The number of urea groups is 1. The smallest absolute Gasteiger partial charge is 0.319 e. The minimum atomic E-state index is -0.214. The molecule has 0 radical (unpaired) electrons. The number of nitrogens with zero attached hydrogens (tertiary/aromatic N) is 2. The van der Waals surface area contributed by atoms with Gasteiger partial charge < -0.3 is 20.4 Å². The van der Waals surface area contributed by atoms with Gasteiger partial charge in [0.2, 0.25) is 5.91 Å². The van der Waals surface area contributed by atoms with Crippen LogP contribution in [0.2, 0.25) is 0 Å². The van der Waals surface area contributed by atoms with Crippen LogP contribution in [0.4, 0.5) is 10.5 Å². The van der Waals surface area contributed by atoms with Crippen molar-refractivity contribution in [2.75, 3.05) is 45.6 Å². The number of rotatable bonds is 8. The summed E-state index contributed by atoms with van der Waals surface area (Å²) in [7, 11) is 3.47. The second kappa shape index (κ2) is 9.84. The van der Waals surface area contributed by atoms with Gasteiger partial charge in [0.15, 0.2) is 0 Å². The molecule has 3 amide bonds. The van der Waals surface area contributed by atoms with Gasteiger partial charge in [-0.15, -0.1) is 0 Å². The summed E-state index contributed by atoms with van der Waals surface area (Å²) in [6.45, 7) is 7.62. The number of likely N-dealkylation sites (N-methyl/N-ethyl adjacent to an activating group) is 2. The van der Waals surface area contributed by atoms with E-state index in [4.69, 9.17) is 0 Å². The van der Waals surface area contributed by atoms with E-state index in [1.165, 1.54) is 0 Å². The van der Waals surface area contributed by atoms with E-state index in [1.54, 1.807) is 19.0 Å². The maximum atomic E-state index is 11.8. The van der Waals surface area contributed by atoms with Gasteiger partial charge in [0.1, 0.15) is 0 Å². The molecule has 0 unspecified atom stereocenters. The SMILES string of the molecule is CCN(CC)CCNC(=O)Nc1ccc(CC(=O)N(C)C)cc1. The number of amides is 3. The molecule has 0 saturated heterocycles. The molecule has 6 nitrogen and oxygen atoms in total. The first-order valence-electron chi connectivity index (χ1n) is 8.02. The predicted octanol–water partition coefficient (Wildman–Crippen LogP) is 1.78. The Labute approximate surface area is 138 Å². The summed E-state index contributed by atoms with van der Waals surface area (Å²) in [5.41, 5.74) is 1.64. The molecule has 1 aromatic carbocycles. The molecule has 1 aromatic rings. The standard InChI is InChI=1S/C17H28N4O2/c1-5-21(6-2)12-11-18-17(23)19-15-9-7-14(8-10-15)13-16(22)20(3)4/h7-10H,5-6,11-13H2,1-4H3,(H2,18,19,23). The van der Waals surface area contributed by atoms with Crippen LogP contribution in [0.25, 0.3) is 0 Å². The second-order valence-corrected chi connectivity index (χ2v) is 5.57. The van der Waals surface area contributed by atoms with E-state index in [0.717, 1.165) is 25.2 Å². The highest BCUT2D eigenvalue weighted by molar-refractivity contribution is 5.89. The molecule has 2 N–H and O–H groups in total. The van der Waals surface area contributed by atoms with Gasteiger partial charge in [-0.05, 0) is 30.8 Å². The molecule has 1 rings (SSSR count). The van der Waals surface area contributed by atoms with Gasteiger partial charge in [0.05, 0.1) is 6.42 Å². The maximum absolute atomic E-state index is 11.8. The second-order valence-electron chi connectivity index (χ2n) is 5.57. The lowest BCUT2D eigenvalue weighted by atomic mass is 10.1. The third kappa shape index (κ3) is 7.15. The van der Waals surface area contributed by atoms with Gasteiger partial charge in [0.25, 0.3) is 0 Å². The quantitative estimate of drug-likeness (QED) is 0.767. The largest absolute Gasteiger partial charge is 0.349 e. The Morgan fingerprint density at radius 3 is 2.17 bits per heavy atom. The van der Waals surface area contributed by atoms with Gasteiger partial charge in [-0.25, -0.2) is 4.79 Å². The fourth-order valence-electron chi connectivity index (χ4n) is 2.08. The Bertz CT molecular complexity index is 496. The first-order chi connectivity index (χ1) is 11.0. The Kier molecular flexibility index (Phi) is 8.11. The zero-order valence-electron chi connectivity index (χ0n) is 14.6. The summed E-state index contributed by atoms with van der Waals surface area (Å²) in [6.07, 6.45) is 0.364. The van der Waals surface area contributed by atoms with Crippen molar-refractivity contribution < 1.29 is 9.59 Å². The zero-order chi connectivity index (χ0) is 17.2. The van der Waals surface area contributed by atoms with Crippen LogP contribution in [-0.4, -0.2) is 62.0 Å². The summed E-state index contributed by atoms with van der Waals surface area (Å²) < 4.78 is 0. The number of carbonyl (C=O) groups is 2. The van der Waals surface area contributed by atoms with Crippen molar-refractivity contribution in [3.8, 4) is 0 Å². The van der Waals surface area contributed by atoms with E-state index in [1.807, 2.05) is 24.3 Å². The predicted molar refractivity (Wildman–Crippen MR) is 93.6 cm³/mol. The summed E-state index contributed by atoms with van der Waals surface area (Å²) >= 11 is 0. The first-order valence-corrected chi connectivity index (χ1v) is 8.02. The lowest BCUT2D eigenvalue weighted by Crippen LogP contribution is -2.36. The molecule has 128 valence electrons. The van der Waals surface area contributed by atoms with Crippen LogP contribution in [0.15, 0.2) is 24.3 Å². The molecular weight excluding hydrogens is 292 g/mol. The zero-order valence-corrected chi connectivity index (χ0v) is 14.6. The van der Waals surface area contributed by atoms with Crippen molar-refractivity contribution in [2.45, 2.75) is 20.3 Å². The van der Waals surface area contributed by atoms with Gasteiger partial charge in [0, 0.05) is 32.9 Å². The van der Waals surface area contributed by atoms with Crippen molar-refractivity contribution in [3.05, 3.63) is 29.8 Å². The number of nitrogens with one attached hydrogen (secondary N) is 2. The van der Waals surface area contributed by atoms with Crippen molar-refractivity contribution in [1.82, 2.24) is 15.1 Å². The summed E-state index contributed by atoms with van der Waals surface area (Å²) in [4.78, 5) is 27.3. The van der Waals surface area contributed by atoms with Crippen LogP contribution < -0.4 is 10.6 Å². The highest BCUT2D eigenvalue weighted by atomic mass is 16.2. The minimum absolute atomic E-state index is 0.0554. The molecule has 0 bridgehead atoms. The molecule has 0 spiro atoms. The third-order valence-electron chi connectivity index (χ3n) is 3.67. The average molecular weight is 320 g/mol. The van der Waals surface area contributed by atoms with Gasteiger partial charge in [-0.2, -0.15) is 0 Å². The van der Waals surface area contributed by atoms with Gasteiger partial charge in [-0.3, -0.25) is 4.79 Å². The third-order valence-corrected chi connectivity index (χ3v) is 3.67. The molecule has 0 saturated carbocycles. The molecule has 6 heteroatoms. The number of anilines is 1. The van der Waals surface area contributed by atoms with Crippen LogP contribution in [0.1, 0.15) is 19.4 Å². The molecule has 0 aromatic heterocycles. The number of benzene rings is 1. The molecular formula is C17H28N4O2. The number of hydrogen-bond donors (Lipinski definition) is 2. The highest BCUT2D eigenvalue weighted by Crippen LogP contribution is 2.10. The molecule has 0 heterocycles. The molecule has 0 aliphatic rings. The minimum Gasteiger partial charge on any atom is -0.349 e. The van der Waals surface area contributed by atoms with Crippen molar-refractivity contribution in [1.29, 1.82) is 0 Å².